The Hall–Kier alpha value is -0.450. The van der Waals surface area contributed by atoms with Gasteiger partial charge in [-0.05, 0) is 19.8 Å². The van der Waals surface area contributed by atoms with Crippen LogP contribution in [0.2, 0.25) is 0 Å². The maximum atomic E-state index is 10.3. The minimum Gasteiger partial charge on any atom is -0.386 e. The third kappa shape index (κ3) is 1.94. The zero-order valence-electron chi connectivity index (χ0n) is 9.07. The highest BCUT2D eigenvalue weighted by Gasteiger charge is 2.41. The van der Waals surface area contributed by atoms with Crippen molar-refractivity contribution in [2.24, 2.45) is 11.1 Å². The van der Waals surface area contributed by atoms with E-state index in [2.05, 4.69) is 4.98 Å². The largest absolute Gasteiger partial charge is 0.386 e. The van der Waals surface area contributed by atoms with Gasteiger partial charge in [-0.3, -0.25) is 0 Å². The molecule has 1 heterocycles. The molecular formula is C11H18N2OS. The Morgan fingerprint density at radius 2 is 2.27 bits per heavy atom. The van der Waals surface area contributed by atoms with Gasteiger partial charge in [0.2, 0.25) is 0 Å². The zero-order chi connectivity index (χ0) is 10.9. The van der Waals surface area contributed by atoms with Gasteiger partial charge in [0.15, 0.2) is 0 Å². The third-order valence-corrected chi connectivity index (χ3v) is 4.29. The zero-order valence-corrected chi connectivity index (χ0v) is 9.89. The molecule has 1 aliphatic rings. The summed E-state index contributed by atoms with van der Waals surface area (Å²) in [6.45, 7) is 2.52. The average Bonchev–Trinajstić information content (AvgIpc) is 2.86. The van der Waals surface area contributed by atoms with Crippen molar-refractivity contribution in [1.82, 2.24) is 4.98 Å². The van der Waals surface area contributed by atoms with Gasteiger partial charge in [-0.25, -0.2) is 4.98 Å². The summed E-state index contributed by atoms with van der Waals surface area (Å²) in [5.74, 6) is 0. The number of rotatable bonds is 3. The number of hydrogen-bond acceptors (Lipinski definition) is 4. The van der Waals surface area contributed by atoms with E-state index in [4.69, 9.17) is 5.73 Å². The summed E-state index contributed by atoms with van der Waals surface area (Å²) in [6, 6.07) is 0. The quantitative estimate of drug-likeness (QED) is 0.828. The number of aryl methyl sites for hydroxylation is 1. The van der Waals surface area contributed by atoms with Crippen LogP contribution in [-0.4, -0.2) is 16.6 Å². The van der Waals surface area contributed by atoms with Crippen molar-refractivity contribution >= 4 is 11.3 Å². The molecule has 1 aromatic rings. The first-order valence-corrected chi connectivity index (χ1v) is 6.36. The summed E-state index contributed by atoms with van der Waals surface area (Å²) in [5, 5.41) is 13.3. The number of aliphatic hydroxyl groups is 1. The van der Waals surface area contributed by atoms with E-state index in [-0.39, 0.29) is 5.41 Å². The molecule has 15 heavy (non-hydrogen) atoms. The van der Waals surface area contributed by atoms with Crippen LogP contribution >= 0.6 is 11.3 Å². The summed E-state index contributed by atoms with van der Waals surface area (Å²) in [4.78, 5) is 4.36. The molecule has 0 radical (unpaired) electrons. The number of thiazole rings is 1. The maximum absolute atomic E-state index is 10.3. The van der Waals surface area contributed by atoms with Gasteiger partial charge in [-0.2, -0.15) is 0 Å². The highest BCUT2D eigenvalue weighted by atomic mass is 32.1. The molecule has 1 unspecified atom stereocenters. The maximum Gasteiger partial charge on any atom is 0.104 e. The molecule has 4 heteroatoms. The second-order valence-corrected chi connectivity index (χ2v) is 5.53. The molecule has 0 bridgehead atoms. The lowest BCUT2D eigenvalue weighted by molar-refractivity contribution is 0.0304. The SMILES string of the molecule is Cc1nc(C(O)C2(CN)CCCC2)cs1. The molecule has 1 aliphatic carbocycles. The van der Waals surface area contributed by atoms with E-state index < -0.39 is 6.10 Å². The molecule has 0 aromatic carbocycles. The first kappa shape index (κ1) is 11.0. The molecule has 84 valence electrons. The smallest absolute Gasteiger partial charge is 0.104 e. The van der Waals surface area contributed by atoms with E-state index in [9.17, 15) is 5.11 Å². The monoisotopic (exact) mass is 226 g/mol. The van der Waals surface area contributed by atoms with E-state index in [0.717, 1.165) is 23.5 Å². The number of nitrogens with zero attached hydrogens (tertiary/aromatic N) is 1. The summed E-state index contributed by atoms with van der Waals surface area (Å²) in [5.41, 5.74) is 6.53. The Bertz CT molecular complexity index is 331. The second kappa shape index (κ2) is 4.20. The second-order valence-electron chi connectivity index (χ2n) is 4.47. The molecule has 0 saturated heterocycles. The van der Waals surface area contributed by atoms with Crippen molar-refractivity contribution in [1.29, 1.82) is 0 Å². The number of hydrogen-bond donors (Lipinski definition) is 2. The van der Waals surface area contributed by atoms with Gasteiger partial charge in [0.05, 0.1) is 10.7 Å². The van der Waals surface area contributed by atoms with E-state index in [1.54, 1.807) is 11.3 Å². The van der Waals surface area contributed by atoms with Crippen molar-refractivity contribution in [2.45, 2.75) is 38.7 Å². The fraction of sp³-hybridized carbons (Fsp3) is 0.727. The molecular weight excluding hydrogens is 208 g/mol. The van der Waals surface area contributed by atoms with Crippen molar-refractivity contribution in [3.63, 3.8) is 0 Å². The lowest BCUT2D eigenvalue weighted by atomic mass is 9.79. The number of aliphatic hydroxyl groups excluding tert-OH is 1. The molecule has 1 saturated carbocycles. The fourth-order valence-corrected chi connectivity index (χ4v) is 3.12. The summed E-state index contributed by atoms with van der Waals surface area (Å²) < 4.78 is 0. The van der Waals surface area contributed by atoms with Crippen molar-refractivity contribution in [3.05, 3.63) is 16.1 Å². The molecule has 1 aromatic heterocycles. The highest BCUT2D eigenvalue weighted by molar-refractivity contribution is 7.09. The van der Waals surface area contributed by atoms with Crippen molar-refractivity contribution in [2.75, 3.05) is 6.54 Å². The van der Waals surface area contributed by atoms with Crippen LogP contribution in [-0.2, 0) is 0 Å². The van der Waals surface area contributed by atoms with Crippen molar-refractivity contribution < 1.29 is 5.11 Å². The van der Waals surface area contributed by atoms with Gasteiger partial charge in [-0.1, -0.05) is 12.8 Å². The van der Waals surface area contributed by atoms with Gasteiger partial charge in [-0.15, -0.1) is 11.3 Å². The molecule has 2 rings (SSSR count). The molecule has 3 N–H and O–H groups in total. The first-order chi connectivity index (χ1) is 7.18. The Kier molecular flexibility index (Phi) is 3.09. The van der Waals surface area contributed by atoms with Crippen molar-refractivity contribution in [3.8, 4) is 0 Å². The number of nitrogens with two attached hydrogens (primary N) is 1. The normalized spacial score (nSPS) is 21.8. The first-order valence-electron chi connectivity index (χ1n) is 5.48. The van der Waals surface area contributed by atoms with Crippen LogP contribution < -0.4 is 5.73 Å². The Balaban J connectivity index is 2.21. The fourth-order valence-electron chi connectivity index (χ4n) is 2.49. The lowest BCUT2D eigenvalue weighted by Crippen LogP contribution is -2.34. The van der Waals surface area contributed by atoms with Crippen LogP contribution in [0.15, 0.2) is 5.38 Å². The summed E-state index contributed by atoms with van der Waals surface area (Å²) in [6.07, 6.45) is 3.94. The van der Waals surface area contributed by atoms with Crippen LogP contribution in [0.4, 0.5) is 0 Å². The third-order valence-electron chi connectivity index (χ3n) is 3.50. The van der Waals surface area contributed by atoms with Gasteiger partial charge in [0, 0.05) is 17.3 Å². The molecule has 3 nitrogen and oxygen atoms in total. The van der Waals surface area contributed by atoms with Gasteiger partial charge in [0.1, 0.15) is 6.10 Å². The lowest BCUT2D eigenvalue weighted by Gasteiger charge is -2.31. The van der Waals surface area contributed by atoms with Gasteiger partial charge in [0.25, 0.3) is 0 Å². The van der Waals surface area contributed by atoms with Crippen LogP contribution in [0, 0.1) is 12.3 Å². The topological polar surface area (TPSA) is 59.1 Å². The molecule has 0 aliphatic heterocycles. The summed E-state index contributed by atoms with van der Waals surface area (Å²) >= 11 is 1.59. The molecule has 1 atom stereocenters. The van der Waals surface area contributed by atoms with E-state index in [1.165, 1.54) is 12.8 Å². The number of aromatic nitrogens is 1. The standard InChI is InChI=1S/C11H18N2OS/c1-8-13-9(6-15-8)10(14)11(7-12)4-2-3-5-11/h6,10,14H,2-5,7,12H2,1H3. The van der Waals surface area contributed by atoms with Crippen LogP contribution in [0.25, 0.3) is 0 Å². The van der Waals surface area contributed by atoms with E-state index in [1.807, 2.05) is 12.3 Å². The average molecular weight is 226 g/mol. The highest BCUT2D eigenvalue weighted by Crippen LogP contribution is 2.46. The van der Waals surface area contributed by atoms with E-state index >= 15 is 0 Å². The van der Waals surface area contributed by atoms with Gasteiger partial charge < -0.3 is 10.8 Å². The molecule has 0 amide bonds. The predicted octanol–water partition coefficient (Wildman–Crippen LogP) is 2.00. The Labute approximate surface area is 94.3 Å². The molecule has 1 fully saturated rings. The predicted molar refractivity (Wildman–Crippen MR) is 61.8 cm³/mol. The minimum atomic E-state index is -0.477. The van der Waals surface area contributed by atoms with E-state index in [0.29, 0.717) is 6.54 Å². The molecule has 0 spiro atoms. The van der Waals surface area contributed by atoms with Gasteiger partial charge >= 0.3 is 0 Å². The van der Waals surface area contributed by atoms with Crippen LogP contribution in [0.3, 0.4) is 0 Å². The Morgan fingerprint density at radius 1 is 1.60 bits per heavy atom. The summed E-state index contributed by atoms with van der Waals surface area (Å²) in [7, 11) is 0. The van der Waals surface area contributed by atoms with Crippen LogP contribution in [0.1, 0.15) is 42.5 Å². The minimum absolute atomic E-state index is 0.111. The van der Waals surface area contributed by atoms with Crippen LogP contribution in [0.5, 0.6) is 0 Å². The Morgan fingerprint density at radius 3 is 2.73 bits per heavy atom.